The van der Waals surface area contributed by atoms with Crippen LogP contribution in [0.5, 0.6) is 0 Å². The van der Waals surface area contributed by atoms with Crippen molar-refractivity contribution in [3.05, 3.63) is 18.2 Å². The maximum Gasteiger partial charge on any atom is 0.329 e. The molecule has 0 radical (unpaired) electrons. The van der Waals surface area contributed by atoms with E-state index in [0.29, 0.717) is 12.8 Å². The van der Waals surface area contributed by atoms with E-state index >= 15 is 0 Å². The molecule has 0 aliphatic heterocycles. The van der Waals surface area contributed by atoms with Crippen LogP contribution in [0.1, 0.15) is 37.2 Å². The van der Waals surface area contributed by atoms with Crippen LogP contribution in [0.4, 0.5) is 0 Å². The lowest BCUT2D eigenvalue weighted by Gasteiger charge is -2.25. The maximum absolute atomic E-state index is 11.7. The fraction of sp³-hybridized carbons (Fsp3) is 0.500. The molecular formula is C10H15N3O3. The number of amides is 1. The van der Waals surface area contributed by atoms with Crippen molar-refractivity contribution in [2.45, 2.75) is 32.2 Å². The van der Waals surface area contributed by atoms with Crippen molar-refractivity contribution in [2.24, 2.45) is 0 Å². The van der Waals surface area contributed by atoms with Crippen LogP contribution < -0.4 is 5.32 Å². The van der Waals surface area contributed by atoms with E-state index in [9.17, 15) is 9.59 Å². The number of nitrogens with one attached hydrogen (secondary N) is 2. The molecule has 0 aliphatic rings. The lowest BCUT2D eigenvalue weighted by molar-refractivity contribution is -0.144. The molecule has 1 aromatic heterocycles. The zero-order valence-corrected chi connectivity index (χ0v) is 9.28. The van der Waals surface area contributed by atoms with Gasteiger partial charge in [-0.2, -0.15) is 0 Å². The van der Waals surface area contributed by atoms with Crippen LogP contribution in [-0.2, 0) is 4.79 Å². The number of imidazole rings is 1. The third-order valence-corrected chi connectivity index (χ3v) is 2.35. The minimum absolute atomic E-state index is 0.253. The van der Waals surface area contributed by atoms with Gasteiger partial charge in [-0.3, -0.25) is 4.79 Å². The predicted molar refractivity (Wildman–Crippen MR) is 57.0 cm³/mol. The quantitative estimate of drug-likeness (QED) is 0.690. The van der Waals surface area contributed by atoms with Crippen LogP contribution in [-0.4, -0.2) is 32.5 Å². The largest absolute Gasteiger partial charge is 0.480 e. The molecule has 0 bridgehead atoms. The fourth-order valence-electron chi connectivity index (χ4n) is 1.42. The second-order valence-electron chi connectivity index (χ2n) is 3.81. The van der Waals surface area contributed by atoms with E-state index < -0.39 is 17.4 Å². The zero-order chi connectivity index (χ0) is 12.2. The van der Waals surface area contributed by atoms with Gasteiger partial charge in [0, 0.05) is 0 Å². The van der Waals surface area contributed by atoms with Gasteiger partial charge in [0.25, 0.3) is 5.91 Å². The Morgan fingerprint density at radius 3 is 2.75 bits per heavy atom. The summed E-state index contributed by atoms with van der Waals surface area (Å²) < 4.78 is 0. The van der Waals surface area contributed by atoms with E-state index in [1.807, 2.05) is 6.92 Å². The first-order valence-corrected chi connectivity index (χ1v) is 5.04. The second-order valence-corrected chi connectivity index (χ2v) is 3.81. The van der Waals surface area contributed by atoms with E-state index in [2.05, 4.69) is 15.3 Å². The monoisotopic (exact) mass is 225 g/mol. The number of nitrogens with zero attached hydrogens (tertiary/aromatic N) is 1. The highest BCUT2D eigenvalue weighted by Gasteiger charge is 2.34. The number of rotatable bonds is 5. The number of carboxylic acids is 1. The second kappa shape index (κ2) is 4.78. The SMILES string of the molecule is CCCC(C)(NC(=O)c1cnc[nH]1)C(=O)O. The van der Waals surface area contributed by atoms with E-state index in [1.165, 1.54) is 19.4 Å². The van der Waals surface area contributed by atoms with Crippen LogP contribution in [0.15, 0.2) is 12.5 Å². The minimum Gasteiger partial charge on any atom is -0.480 e. The molecular weight excluding hydrogens is 210 g/mol. The summed E-state index contributed by atoms with van der Waals surface area (Å²) in [6.07, 6.45) is 3.77. The molecule has 1 aromatic rings. The van der Waals surface area contributed by atoms with Gasteiger partial charge in [-0.25, -0.2) is 9.78 Å². The van der Waals surface area contributed by atoms with Crippen molar-refractivity contribution in [3.8, 4) is 0 Å². The summed E-state index contributed by atoms with van der Waals surface area (Å²) in [5.41, 5.74) is -0.986. The van der Waals surface area contributed by atoms with Gasteiger partial charge in [-0.05, 0) is 13.3 Å². The summed E-state index contributed by atoms with van der Waals surface area (Å²) in [5, 5.41) is 11.6. The molecule has 1 unspecified atom stereocenters. The Balaban J connectivity index is 2.77. The predicted octanol–water partition coefficient (Wildman–Crippen LogP) is 0.783. The van der Waals surface area contributed by atoms with Crippen molar-refractivity contribution < 1.29 is 14.7 Å². The molecule has 0 saturated carbocycles. The number of aromatic nitrogens is 2. The molecule has 1 atom stereocenters. The fourth-order valence-corrected chi connectivity index (χ4v) is 1.42. The van der Waals surface area contributed by atoms with Gasteiger partial charge in [0.1, 0.15) is 11.2 Å². The number of aromatic amines is 1. The van der Waals surface area contributed by atoms with Crippen LogP contribution in [0.25, 0.3) is 0 Å². The first kappa shape index (κ1) is 12.2. The van der Waals surface area contributed by atoms with Gasteiger partial charge in [0.15, 0.2) is 0 Å². The molecule has 0 aromatic carbocycles. The topological polar surface area (TPSA) is 95.1 Å². The Morgan fingerprint density at radius 1 is 1.62 bits per heavy atom. The Labute approximate surface area is 93.1 Å². The van der Waals surface area contributed by atoms with Crippen LogP contribution >= 0.6 is 0 Å². The van der Waals surface area contributed by atoms with E-state index in [-0.39, 0.29) is 5.69 Å². The summed E-state index contributed by atoms with van der Waals surface area (Å²) in [7, 11) is 0. The molecule has 1 amide bonds. The van der Waals surface area contributed by atoms with Crippen molar-refractivity contribution in [1.29, 1.82) is 0 Å². The number of hydrogen-bond acceptors (Lipinski definition) is 3. The van der Waals surface area contributed by atoms with Gasteiger partial charge in [-0.1, -0.05) is 13.3 Å². The maximum atomic E-state index is 11.7. The molecule has 6 nitrogen and oxygen atoms in total. The number of carbonyl (C=O) groups excluding carboxylic acids is 1. The standard InChI is InChI=1S/C10H15N3O3/c1-3-4-10(2,9(15)16)13-8(14)7-5-11-6-12-7/h5-6H,3-4H2,1-2H3,(H,11,12)(H,13,14)(H,15,16). The third-order valence-electron chi connectivity index (χ3n) is 2.35. The Bertz CT molecular complexity index is 375. The zero-order valence-electron chi connectivity index (χ0n) is 9.28. The number of carbonyl (C=O) groups is 2. The average molecular weight is 225 g/mol. The highest BCUT2D eigenvalue weighted by atomic mass is 16.4. The Kier molecular flexibility index (Phi) is 3.65. The van der Waals surface area contributed by atoms with Crippen LogP contribution in [0.2, 0.25) is 0 Å². The summed E-state index contributed by atoms with van der Waals surface area (Å²) in [6.45, 7) is 3.36. The molecule has 88 valence electrons. The minimum atomic E-state index is -1.24. The number of H-pyrrole nitrogens is 1. The smallest absolute Gasteiger partial charge is 0.329 e. The molecule has 1 rings (SSSR count). The van der Waals surface area contributed by atoms with Crippen molar-refractivity contribution in [2.75, 3.05) is 0 Å². The number of hydrogen-bond donors (Lipinski definition) is 3. The number of carboxylic acid groups (broad SMARTS) is 1. The van der Waals surface area contributed by atoms with Gasteiger partial charge >= 0.3 is 5.97 Å². The van der Waals surface area contributed by atoms with Gasteiger partial charge < -0.3 is 15.4 Å². The summed E-state index contributed by atoms with van der Waals surface area (Å²) in [5.74, 6) is -1.50. The molecule has 0 aliphatic carbocycles. The highest BCUT2D eigenvalue weighted by Crippen LogP contribution is 2.13. The first-order valence-electron chi connectivity index (χ1n) is 5.04. The molecule has 3 N–H and O–H groups in total. The van der Waals surface area contributed by atoms with Crippen molar-refractivity contribution in [1.82, 2.24) is 15.3 Å². The lowest BCUT2D eigenvalue weighted by atomic mass is 9.96. The van der Waals surface area contributed by atoms with E-state index in [4.69, 9.17) is 5.11 Å². The Morgan fingerprint density at radius 2 is 2.31 bits per heavy atom. The third kappa shape index (κ3) is 2.59. The molecule has 0 spiro atoms. The van der Waals surface area contributed by atoms with Gasteiger partial charge in [0.05, 0.1) is 12.5 Å². The molecule has 1 heterocycles. The average Bonchev–Trinajstić information content (AvgIpc) is 2.70. The van der Waals surface area contributed by atoms with E-state index in [1.54, 1.807) is 0 Å². The molecule has 0 fully saturated rings. The van der Waals surface area contributed by atoms with Crippen LogP contribution in [0.3, 0.4) is 0 Å². The Hall–Kier alpha value is -1.85. The van der Waals surface area contributed by atoms with E-state index in [0.717, 1.165) is 0 Å². The molecule has 16 heavy (non-hydrogen) atoms. The molecule has 6 heteroatoms. The lowest BCUT2D eigenvalue weighted by Crippen LogP contribution is -2.52. The van der Waals surface area contributed by atoms with Crippen LogP contribution in [0, 0.1) is 0 Å². The van der Waals surface area contributed by atoms with Crippen molar-refractivity contribution in [3.63, 3.8) is 0 Å². The highest BCUT2D eigenvalue weighted by molar-refractivity contribution is 5.96. The van der Waals surface area contributed by atoms with Crippen molar-refractivity contribution >= 4 is 11.9 Å². The summed E-state index contributed by atoms with van der Waals surface area (Å²) in [4.78, 5) is 29.1. The summed E-state index contributed by atoms with van der Waals surface area (Å²) >= 11 is 0. The normalized spacial score (nSPS) is 14.1. The van der Waals surface area contributed by atoms with Gasteiger partial charge in [0.2, 0.25) is 0 Å². The van der Waals surface area contributed by atoms with Gasteiger partial charge in [-0.15, -0.1) is 0 Å². The first-order chi connectivity index (χ1) is 7.49. The molecule has 0 saturated heterocycles. The number of aliphatic carboxylic acids is 1. The summed E-state index contributed by atoms with van der Waals surface area (Å²) in [6, 6.07) is 0.